The van der Waals surface area contributed by atoms with Crippen molar-refractivity contribution in [1.82, 2.24) is 10.2 Å². The number of amides is 3. The number of carboxylic acid groups (broad SMARTS) is 1. The van der Waals surface area contributed by atoms with E-state index in [1.165, 1.54) is 0 Å². The minimum absolute atomic E-state index is 0.233. The Balaban J connectivity index is 1.60. The summed E-state index contributed by atoms with van der Waals surface area (Å²) < 4.78 is 0. The average Bonchev–Trinajstić information content (AvgIpc) is 2.70. The van der Waals surface area contributed by atoms with E-state index < -0.39 is 11.5 Å². The summed E-state index contributed by atoms with van der Waals surface area (Å²) in [5, 5.41) is 15.4. The third-order valence-electron chi connectivity index (χ3n) is 6.00. The zero-order valence-electron chi connectivity index (χ0n) is 16.3. The average molecular weight is 387 g/mol. The Kier molecular flexibility index (Phi) is 6.21. The van der Waals surface area contributed by atoms with Crippen molar-refractivity contribution in [3.05, 3.63) is 30.3 Å². The highest BCUT2D eigenvalue weighted by Crippen LogP contribution is 2.33. The highest BCUT2D eigenvalue weighted by molar-refractivity contribution is 5.91. The van der Waals surface area contributed by atoms with Crippen LogP contribution in [0.15, 0.2) is 30.3 Å². The fourth-order valence-electron chi connectivity index (χ4n) is 4.08. The summed E-state index contributed by atoms with van der Waals surface area (Å²) >= 11 is 0. The second kappa shape index (κ2) is 8.63. The van der Waals surface area contributed by atoms with Crippen LogP contribution in [0.2, 0.25) is 0 Å². The molecule has 1 aliphatic carbocycles. The highest BCUT2D eigenvalue weighted by atomic mass is 16.4. The Labute approximate surface area is 165 Å². The zero-order chi connectivity index (χ0) is 20.1. The van der Waals surface area contributed by atoms with Crippen molar-refractivity contribution < 1.29 is 19.5 Å². The number of carboxylic acids is 1. The van der Waals surface area contributed by atoms with Gasteiger partial charge in [0.05, 0.1) is 5.92 Å². The number of likely N-dealkylation sites (tertiary alicyclic amines) is 1. The van der Waals surface area contributed by atoms with Crippen LogP contribution in [-0.4, -0.2) is 46.5 Å². The van der Waals surface area contributed by atoms with E-state index in [0.717, 1.165) is 19.3 Å². The number of carbonyl (C=O) groups is 3. The van der Waals surface area contributed by atoms with Gasteiger partial charge >= 0.3 is 12.0 Å². The van der Waals surface area contributed by atoms with E-state index in [4.69, 9.17) is 0 Å². The van der Waals surface area contributed by atoms with Crippen LogP contribution in [0.3, 0.4) is 0 Å². The smallest absolute Gasteiger partial charge is 0.329 e. The summed E-state index contributed by atoms with van der Waals surface area (Å²) in [5.74, 6) is -1.11. The van der Waals surface area contributed by atoms with Crippen LogP contribution in [-0.2, 0) is 9.59 Å². The molecule has 3 rings (SSSR count). The first-order valence-corrected chi connectivity index (χ1v) is 10.1. The molecule has 0 spiro atoms. The van der Waals surface area contributed by atoms with Crippen molar-refractivity contribution in [2.75, 3.05) is 18.4 Å². The van der Waals surface area contributed by atoms with Crippen molar-refractivity contribution in [3.8, 4) is 0 Å². The van der Waals surface area contributed by atoms with Crippen LogP contribution in [0.5, 0.6) is 0 Å². The molecule has 0 aromatic heterocycles. The van der Waals surface area contributed by atoms with Gasteiger partial charge in [-0.3, -0.25) is 4.79 Å². The van der Waals surface area contributed by atoms with E-state index in [-0.39, 0.29) is 17.9 Å². The summed E-state index contributed by atoms with van der Waals surface area (Å²) in [6.45, 7) is 3.00. The molecule has 1 aromatic rings. The first kappa shape index (κ1) is 20.2. The highest BCUT2D eigenvalue weighted by Gasteiger charge is 2.44. The molecular formula is C21H29N3O4. The number of benzene rings is 1. The van der Waals surface area contributed by atoms with Crippen LogP contribution >= 0.6 is 0 Å². The maximum absolute atomic E-state index is 12.9. The summed E-state index contributed by atoms with van der Waals surface area (Å²) in [6.07, 6.45) is 3.89. The van der Waals surface area contributed by atoms with Crippen LogP contribution in [0.25, 0.3) is 0 Å². The monoisotopic (exact) mass is 387 g/mol. The van der Waals surface area contributed by atoms with Gasteiger partial charge in [0.25, 0.3) is 0 Å². The number of aliphatic carboxylic acids is 1. The van der Waals surface area contributed by atoms with E-state index >= 15 is 0 Å². The first-order valence-electron chi connectivity index (χ1n) is 10.1. The third kappa shape index (κ3) is 4.64. The van der Waals surface area contributed by atoms with Gasteiger partial charge in [0, 0.05) is 18.8 Å². The number of anilines is 1. The number of urea groups is 1. The van der Waals surface area contributed by atoms with Crippen molar-refractivity contribution in [2.24, 2.45) is 11.8 Å². The van der Waals surface area contributed by atoms with Gasteiger partial charge in [0.1, 0.15) is 5.54 Å². The van der Waals surface area contributed by atoms with Gasteiger partial charge in [0.2, 0.25) is 5.91 Å². The number of hydrogen-bond acceptors (Lipinski definition) is 3. The van der Waals surface area contributed by atoms with Crippen LogP contribution in [0, 0.1) is 11.8 Å². The van der Waals surface area contributed by atoms with Crippen LogP contribution in [0.4, 0.5) is 10.5 Å². The molecule has 28 heavy (non-hydrogen) atoms. The molecular weight excluding hydrogens is 358 g/mol. The molecule has 1 saturated carbocycles. The summed E-state index contributed by atoms with van der Waals surface area (Å²) in [4.78, 5) is 38.9. The predicted octanol–water partition coefficient (Wildman–Crippen LogP) is 3.08. The molecule has 1 unspecified atom stereocenters. The van der Waals surface area contributed by atoms with E-state index in [1.807, 2.05) is 30.3 Å². The van der Waals surface area contributed by atoms with Gasteiger partial charge in [-0.25, -0.2) is 9.59 Å². The maximum Gasteiger partial charge on any atom is 0.329 e. The fourth-order valence-corrected chi connectivity index (χ4v) is 4.08. The lowest BCUT2D eigenvalue weighted by molar-refractivity contribution is -0.150. The lowest BCUT2D eigenvalue weighted by Crippen LogP contribution is -2.59. The second-order valence-corrected chi connectivity index (χ2v) is 8.14. The van der Waals surface area contributed by atoms with Crippen LogP contribution < -0.4 is 10.6 Å². The zero-order valence-corrected chi connectivity index (χ0v) is 16.3. The number of nitrogens with one attached hydrogen (secondary N) is 2. The molecule has 1 aromatic carbocycles. The normalized spacial score (nSPS) is 27.7. The van der Waals surface area contributed by atoms with Gasteiger partial charge in [-0.15, -0.1) is 0 Å². The Morgan fingerprint density at radius 3 is 2.43 bits per heavy atom. The summed E-state index contributed by atoms with van der Waals surface area (Å²) in [5.41, 5.74) is -0.460. The minimum atomic E-state index is -1.17. The Hall–Kier alpha value is -2.57. The number of hydrogen-bond donors (Lipinski definition) is 3. The minimum Gasteiger partial charge on any atom is -0.480 e. The number of nitrogens with zero attached hydrogens (tertiary/aromatic N) is 1. The molecule has 0 radical (unpaired) electrons. The fraction of sp³-hybridized carbons (Fsp3) is 0.571. The Morgan fingerprint density at radius 2 is 1.79 bits per heavy atom. The maximum atomic E-state index is 12.9. The van der Waals surface area contributed by atoms with Crippen molar-refractivity contribution >= 4 is 23.6 Å². The van der Waals surface area contributed by atoms with Crippen molar-refractivity contribution in [3.63, 3.8) is 0 Å². The molecule has 0 bridgehead atoms. The number of rotatable bonds is 4. The van der Waals surface area contributed by atoms with E-state index in [2.05, 4.69) is 17.6 Å². The number of para-hydroxylation sites is 1. The molecule has 1 atom stereocenters. The third-order valence-corrected chi connectivity index (χ3v) is 6.00. The quantitative estimate of drug-likeness (QED) is 0.739. The first-order chi connectivity index (χ1) is 13.4. The summed E-state index contributed by atoms with van der Waals surface area (Å²) in [6, 6.07) is 8.96. The molecule has 152 valence electrons. The topological polar surface area (TPSA) is 98.7 Å². The molecule has 7 nitrogen and oxygen atoms in total. The molecule has 1 aliphatic heterocycles. The molecule has 7 heteroatoms. The van der Waals surface area contributed by atoms with Gasteiger partial charge < -0.3 is 20.6 Å². The van der Waals surface area contributed by atoms with Gasteiger partial charge in [-0.1, -0.05) is 25.1 Å². The van der Waals surface area contributed by atoms with Crippen LogP contribution in [0.1, 0.15) is 45.4 Å². The molecule has 1 saturated heterocycles. The Bertz CT molecular complexity index is 714. The largest absolute Gasteiger partial charge is 0.480 e. The molecule has 3 N–H and O–H groups in total. The lowest BCUT2D eigenvalue weighted by atomic mass is 9.76. The SMILES string of the molecule is CC1CCC(NC(=O)C2CCCN(C(=O)Nc3ccccc3)C2)(C(=O)O)CC1. The molecule has 2 fully saturated rings. The molecule has 1 heterocycles. The Morgan fingerprint density at radius 1 is 1.11 bits per heavy atom. The van der Waals surface area contributed by atoms with Crippen molar-refractivity contribution in [2.45, 2.75) is 51.0 Å². The van der Waals surface area contributed by atoms with E-state index in [0.29, 0.717) is 44.0 Å². The van der Waals surface area contributed by atoms with E-state index in [9.17, 15) is 19.5 Å². The molecule has 2 aliphatic rings. The predicted molar refractivity (Wildman–Crippen MR) is 106 cm³/mol. The lowest BCUT2D eigenvalue weighted by Gasteiger charge is -2.39. The van der Waals surface area contributed by atoms with Gasteiger partial charge in [0.15, 0.2) is 0 Å². The number of piperidine rings is 1. The number of carbonyl (C=O) groups excluding carboxylic acids is 2. The van der Waals surface area contributed by atoms with Gasteiger partial charge in [-0.2, -0.15) is 0 Å². The van der Waals surface area contributed by atoms with Crippen molar-refractivity contribution in [1.29, 1.82) is 0 Å². The summed E-state index contributed by atoms with van der Waals surface area (Å²) in [7, 11) is 0. The standard InChI is InChI=1S/C21H29N3O4/c1-15-9-11-21(12-10-15,19(26)27)23-18(25)16-6-5-13-24(14-16)20(28)22-17-7-3-2-4-8-17/h2-4,7-8,15-16H,5-6,9-14H2,1H3,(H,22,28)(H,23,25)(H,26,27). The second-order valence-electron chi connectivity index (χ2n) is 8.14. The van der Waals surface area contributed by atoms with E-state index in [1.54, 1.807) is 4.90 Å². The van der Waals surface area contributed by atoms with Gasteiger partial charge in [-0.05, 0) is 56.6 Å². The molecule has 3 amide bonds.